The lowest BCUT2D eigenvalue weighted by Crippen LogP contribution is -2.15. The van der Waals surface area contributed by atoms with Gasteiger partial charge in [0.1, 0.15) is 17.6 Å². The molecule has 1 N–H and O–H groups in total. The van der Waals surface area contributed by atoms with Gasteiger partial charge < -0.3 is 14.8 Å². The standard InChI is InChI=1S/C23H28N4O3/c1-6-29-21-11-17-10-14(3)30-20(17)12-19(21)25-23(28)8-7-18-15(4)24-22-9-13(2)26-27(22)16(18)5/h9,11-12,14H,6-8,10H2,1-5H3,(H,25,28). The average Bonchev–Trinajstić information content (AvgIpc) is 3.22. The van der Waals surface area contributed by atoms with Crippen molar-refractivity contribution < 1.29 is 14.3 Å². The largest absolute Gasteiger partial charge is 0.492 e. The summed E-state index contributed by atoms with van der Waals surface area (Å²) in [6.07, 6.45) is 1.92. The van der Waals surface area contributed by atoms with Crippen LogP contribution in [0.5, 0.6) is 11.5 Å². The van der Waals surface area contributed by atoms with Crippen molar-refractivity contribution in [2.45, 2.75) is 60.0 Å². The van der Waals surface area contributed by atoms with Crippen molar-refractivity contribution in [1.29, 1.82) is 0 Å². The lowest BCUT2D eigenvalue weighted by atomic mass is 10.1. The smallest absolute Gasteiger partial charge is 0.224 e. The average molecular weight is 409 g/mol. The van der Waals surface area contributed by atoms with E-state index in [1.54, 1.807) is 0 Å². The molecular weight excluding hydrogens is 380 g/mol. The van der Waals surface area contributed by atoms with E-state index in [1.165, 1.54) is 0 Å². The number of amides is 1. The van der Waals surface area contributed by atoms with Crippen LogP contribution in [0.4, 0.5) is 5.69 Å². The first-order valence-electron chi connectivity index (χ1n) is 10.4. The van der Waals surface area contributed by atoms with Gasteiger partial charge in [-0.1, -0.05) is 0 Å². The summed E-state index contributed by atoms with van der Waals surface area (Å²) in [5, 5.41) is 7.51. The Labute approximate surface area is 176 Å². The Morgan fingerprint density at radius 3 is 2.87 bits per heavy atom. The van der Waals surface area contributed by atoms with Crippen molar-refractivity contribution in [2.75, 3.05) is 11.9 Å². The SMILES string of the molecule is CCOc1cc2c(cc1NC(=O)CCc1c(C)nc3cc(C)nn3c1C)OC(C)C2. The van der Waals surface area contributed by atoms with Crippen LogP contribution in [0.25, 0.3) is 5.65 Å². The fraction of sp³-hybridized carbons (Fsp3) is 0.435. The molecule has 0 spiro atoms. The number of benzene rings is 1. The van der Waals surface area contributed by atoms with Crippen LogP contribution in [0.3, 0.4) is 0 Å². The highest BCUT2D eigenvalue weighted by Gasteiger charge is 2.23. The van der Waals surface area contributed by atoms with Crippen LogP contribution in [0, 0.1) is 20.8 Å². The zero-order valence-corrected chi connectivity index (χ0v) is 18.2. The van der Waals surface area contributed by atoms with Crippen molar-refractivity contribution in [3.63, 3.8) is 0 Å². The maximum atomic E-state index is 12.7. The van der Waals surface area contributed by atoms with E-state index in [0.717, 1.165) is 46.0 Å². The summed E-state index contributed by atoms with van der Waals surface area (Å²) in [6, 6.07) is 5.81. The van der Waals surface area contributed by atoms with E-state index in [9.17, 15) is 4.79 Å². The van der Waals surface area contributed by atoms with Crippen molar-refractivity contribution in [2.24, 2.45) is 0 Å². The fourth-order valence-corrected chi connectivity index (χ4v) is 4.07. The Morgan fingerprint density at radius 2 is 2.10 bits per heavy atom. The molecule has 1 atom stereocenters. The Kier molecular flexibility index (Phi) is 5.37. The van der Waals surface area contributed by atoms with Gasteiger partial charge in [0, 0.05) is 41.9 Å². The normalized spacial score (nSPS) is 15.2. The van der Waals surface area contributed by atoms with Gasteiger partial charge in [0.25, 0.3) is 0 Å². The monoisotopic (exact) mass is 408 g/mol. The van der Waals surface area contributed by atoms with Crippen LogP contribution in [0.2, 0.25) is 0 Å². The first-order chi connectivity index (χ1) is 14.4. The maximum Gasteiger partial charge on any atom is 0.224 e. The highest BCUT2D eigenvalue weighted by Crippen LogP contribution is 2.38. The summed E-state index contributed by atoms with van der Waals surface area (Å²) in [5.74, 6) is 1.43. The molecule has 0 saturated carbocycles. The number of rotatable bonds is 6. The molecule has 1 aromatic carbocycles. The number of fused-ring (bicyclic) bond motifs is 2. The maximum absolute atomic E-state index is 12.7. The molecule has 7 heteroatoms. The van der Waals surface area contributed by atoms with Crippen molar-refractivity contribution in [1.82, 2.24) is 14.6 Å². The van der Waals surface area contributed by atoms with Gasteiger partial charge in [0.15, 0.2) is 5.65 Å². The summed E-state index contributed by atoms with van der Waals surface area (Å²) < 4.78 is 13.4. The molecule has 3 aromatic rings. The van der Waals surface area contributed by atoms with Crippen LogP contribution >= 0.6 is 0 Å². The molecule has 0 fully saturated rings. The first kappa shape index (κ1) is 20.2. The Bertz CT molecular complexity index is 1120. The second-order valence-electron chi connectivity index (χ2n) is 7.89. The predicted octanol–water partition coefficient (Wildman–Crippen LogP) is 3.95. The zero-order chi connectivity index (χ0) is 21.4. The number of anilines is 1. The molecule has 1 aliphatic rings. The number of carbonyl (C=O) groups is 1. The third-order valence-corrected chi connectivity index (χ3v) is 5.46. The molecule has 0 radical (unpaired) electrons. The molecule has 4 rings (SSSR count). The van der Waals surface area contributed by atoms with Crippen LogP contribution in [-0.4, -0.2) is 33.2 Å². The van der Waals surface area contributed by atoms with Gasteiger partial charge >= 0.3 is 0 Å². The number of hydrogen-bond acceptors (Lipinski definition) is 5. The number of nitrogens with one attached hydrogen (secondary N) is 1. The van der Waals surface area contributed by atoms with Gasteiger partial charge in [-0.3, -0.25) is 4.79 Å². The number of ether oxygens (including phenoxy) is 2. The number of aryl methyl sites for hydroxylation is 3. The lowest BCUT2D eigenvalue weighted by molar-refractivity contribution is -0.116. The molecule has 3 heterocycles. The molecule has 2 aromatic heterocycles. The van der Waals surface area contributed by atoms with Gasteiger partial charge in [-0.05, 0) is 52.7 Å². The third kappa shape index (κ3) is 3.84. The molecule has 0 saturated heterocycles. The van der Waals surface area contributed by atoms with Crippen molar-refractivity contribution in [3.05, 3.63) is 46.4 Å². The van der Waals surface area contributed by atoms with Crippen LogP contribution in [-0.2, 0) is 17.6 Å². The van der Waals surface area contributed by atoms with E-state index in [2.05, 4.69) is 15.4 Å². The minimum Gasteiger partial charge on any atom is -0.492 e. The van der Waals surface area contributed by atoms with E-state index < -0.39 is 0 Å². The summed E-state index contributed by atoms with van der Waals surface area (Å²) >= 11 is 0. The van der Waals surface area contributed by atoms with Gasteiger partial charge in [-0.15, -0.1) is 0 Å². The second-order valence-corrected chi connectivity index (χ2v) is 7.89. The van der Waals surface area contributed by atoms with Crippen LogP contribution in [0.15, 0.2) is 18.2 Å². The Balaban J connectivity index is 1.51. The Hall–Kier alpha value is -3.09. The molecule has 1 unspecified atom stereocenters. The highest BCUT2D eigenvalue weighted by atomic mass is 16.5. The lowest BCUT2D eigenvalue weighted by Gasteiger charge is -2.14. The summed E-state index contributed by atoms with van der Waals surface area (Å²) in [6.45, 7) is 10.5. The number of hydrogen-bond donors (Lipinski definition) is 1. The number of carbonyl (C=O) groups excluding carboxylic acids is 1. The van der Waals surface area contributed by atoms with Gasteiger partial charge in [0.05, 0.1) is 18.0 Å². The highest BCUT2D eigenvalue weighted by molar-refractivity contribution is 5.93. The molecule has 158 valence electrons. The summed E-state index contributed by atoms with van der Waals surface area (Å²) in [4.78, 5) is 17.4. The topological polar surface area (TPSA) is 77.8 Å². The zero-order valence-electron chi connectivity index (χ0n) is 18.2. The van der Waals surface area contributed by atoms with Gasteiger partial charge in [0.2, 0.25) is 5.91 Å². The molecule has 30 heavy (non-hydrogen) atoms. The molecule has 1 aliphatic heterocycles. The molecule has 0 bridgehead atoms. The molecule has 1 amide bonds. The van der Waals surface area contributed by atoms with Crippen LogP contribution in [0.1, 0.15) is 48.5 Å². The fourth-order valence-electron chi connectivity index (χ4n) is 4.07. The first-order valence-corrected chi connectivity index (χ1v) is 10.4. The minimum atomic E-state index is -0.0718. The van der Waals surface area contributed by atoms with E-state index in [4.69, 9.17) is 9.47 Å². The number of aromatic nitrogens is 3. The van der Waals surface area contributed by atoms with E-state index in [0.29, 0.717) is 30.9 Å². The van der Waals surface area contributed by atoms with E-state index >= 15 is 0 Å². The summed E-state index contributed by atoms with van der Waals surface area (Å²) in [5.41, 5.74) is 6.54. The third-order valence-electron chi connectivity index (χ3n) is 5.46. The van der Waals surface area contributed by atoms with E-state index in [1.807, 2.05) is 57.3 Å². The molecule has 7 nitrogen and oxygen atoms in total. The Morgan fingerprint density at radius 1 is 1.30 bits per heavy atom. The van der Waals surface area contributed by atoms with Crippen molar-refractivity contribution >= 4 is 17.2 Å². The molecule has 0 aliphatic carbocycles. The quantitative estimate of drug-likeness (QED) is 0.668. The number of nitrogens with zero attached hydrogens (tertiary/aromatic N) is 3. The molecular formula is C23H28N4O3. The van der Waals surface area contributed by atoms with Crippen molar-refractivity contribution in [3.8, 4) is 11.5 Å². The predicted molar refractivity (Wildman–Crippen MR) is 116 cm³/mol. The van der Waals surface area contributed by atoms with Gasteiger partial charge in [-0.25, -0.2) is 9.50 Å². The van der Waals surface area contributed by atoms with Gasteiger partial charge in [-0.2, -0.15) is 5.10 Å². The van der Waals surface area contributed by atoms with Crippen LogP contribution < -0.4 is 14.8 Å². The summed E-state index contributed by atoms with van der Waals surface area (Å²) in [7, 11) is 0. The second kappa shape index (κ2) is 7.97. The van der Waals surface area contributed by atoms with E-state index in [-0.39, 0.29) is 12.0 Å². The minimum absolute atomic E-state index is 0.0718.